The molecule has 0 aliphatic carbocycles. The largest absolute Gasteiger partial charge is 0.253 e. The number of hydrogen-bond acceptors (Lipinski definition) is 0. The fourth-order valence-corrected chi connectivity index (χ4v) is 0.991. The molecule has 54 valence electrons. The predicted molar refractivity (Wildman–Crippen MR) is 41.4 cm³/mol. The summed E-state index contributed by atoms with van der Waals surface area (Å²) in [5.41, 5.74) is 1.15. The van der Waals surface area contributed by atoms with Gasteiger partial charge in [-0.3, -0.25) is 0 Å². The second-order valence-corrected chi connectivity index (χ2v) is 2.48. The number of imidazole rings is 1. The molecule has 0 radical (unpaired) electrons. The van der Waals surface area contributed by atoms with E-state index in [2.05, 4.69) is 28.8 Å². The van der Waals surface area contributed by atoms with Crippen molar-refractivity contribution in [3.05, 3.63) is 24.3 Å². The van der Waals surface area contributed by atoms with Crippen molar-refractivity contribution in [1.82, 2.24) is 4.57 Å². The summed E-state index contributed by atoms with van der Waals surface area (Å²) < 4.78 is 4.18. The summed E-state index contributed by atoms with van der Waals surface area (Å²) >= 11 is 0. The first-order valence-electron chi connectivity index (χ1n) is 3.31. The van der Waals surface area contributed by atoms with Gasteiger partial charge in [0.05, 0.1) is 14.1 Å². The molecule has 0 spiro atoms. The Bertz CT molecular complexity index is 258. The minimum absolute atomic E-state index is 1.15. The molecular weight excluding hydrogens is 124 g/mol. The summed E-state index contributed by atoms with van der Waals surface area (Å²) in [4.78, 5) is 0. The number of nitrogens with zero attached hydrogens (tertiary/aromatic N) is 2. The fraction of sp³-hybridized carbons (Fsp3) is 0.375. The molecule has 0 saturated carbocycles. The maximum Gasteiger partial charge on any atom is 0.253 e. The highest BCUT2D eigenvalue weighted by atomic mass is 15.1. The predicted octanol–water partition coefficient (Wildman–Crippen LogP) is 0.801. The monoisotopic (exact) mass is 137 g/mol. The summed E-state index contributed by atoms with van der Waals surface area (Å²) in [6.07, 6.45) is 3.91. The summed E-state index contributed by atoms with van der Waals surface area (Å²) in [5, 5.41) is 0. The molecule has 0 aliphatic heterocycles. The van der Waals surface area contributed by atoms with E-state index in [0.29, 0.717) is 0 Å². The Hall–Kier alpha value is -1.05. The highest BCUT2D eigenvalue weighted by Crippen LogP contribution is 1.99. The number of aromatic nitrogens is 2. The van der Waals surface area contributed by atoms with Gasteiger partial charge in [0.1, 0.15) is 6.20 Å². The first kappa shape index (κ1) is 7.06. The van der Waals surface area contributed by atoms with Gasteiger partial charge in [-0.05, 0) is 6.08 Å². The van der Waals surface area contributed by atoms with Crippen LogP contribution in [0.25, 0.3) is 6.08 Å². The lowest BCUT2D eigenvalue weighted by Crippen LogP contribution is -2.29. The lowest BCUT2D eigenvalue weighted by Gasteiger charge is -1.87. The Labute approximate surface area is 61.4 Å². The summed E-state index contributed by atoms with van der Waals surface area (Å²) in [6, 6.07) is 0. The second kappa shape index (κ2) is 2.29. The van der Waals surface area contributed by atoms with Crippen LogP contribution in [0.1, 0.15) is 11.5 Å². The Kier molecular flexibility index (Phi) is 1.62. The molecule has 1 aromatic heterocycles. The Morgan fingerprint density at radius 1 is 1.70 bits per heavy atom. The molecule has 0 amide bonds. The highest BCUT2D eigenvalue weighted by molar-refractivity contribution is 5.39. The van der Waals surface area contributed by atoms with Gasteiger partial charge >= 0.3 is 0 Å². The quantitative estimate of drug-likeness (QED) is 0.506. The van der Waals surface area contributed by atoms with Crippen molar-refractivity contribution >= 4 is 6.08 Å². The van der Waals surface area contributed by atoms with Crippen molar-refractivity contribution in [2.75, 3.05) is 0 Å². The SMILES string of the molecule is C=Cc1c[n+](C)c(C)n1C. The zero-order chi connectivity index (χ0) is 7.72. The van der Waals surface area contributed by atoms with Crippen LogP contribution in [-0.4, -0.2) is 4.57 Å². The first-order chi connectivity index (χ1) is 4.66. The van der Waals surface area contributed by atoms with Gasteiger partial charge in [-0.15, -0.1) is 0 Å². The van der Waals surface area contributed by atoms with Gasteiger partial charge < -0.3 is 0 Å². The molecule has 0 aromatic carbocycles. The van der Waals surface area contributed by atoms with E-state index in [-0.39, 0.29) is 0 Å². The van der Waals surface area contributed by atoms with Crippen LogP contribution in [-0.2, 0) is 14.1 Å². The van der Waals surface area contributed by atoms with Gasteiger partial charge in [-0.2, -0.15) is 0 Å². The van der Waals surface area contributed by atoms with Gasteiger partial charge in [0.25, 0.3) is 5.82 Å². The van der Waals surface area contributed by atoms with Crippen LogP contribution in [0.4, 0.5) is 0 Å². The zero-order valence-corrected chi connectivity index (χ0v) is 6.76. The van der Waals surface area contributed by atoms with E-state index in [0.717, 1.165) is 5.69 Å². The second-order valence-electron chi connectivity index (χ2n) is 2.48. The number of hydrogen-bond donors (Lipinski definition) is 0. The van der Waals surface area contributed by atoms with Crippen LogP contribution in [0, 0.1) is 6.92 Å². The van der Waals surface area contributed by atoms with Gasteiger partial charge in [0.15, 0.2) is 5.69 Å². The van der Waals surface area contributed by atoms with E-state index in [1.165, 1.54) is 5.82 Å². The van der Waals surface area contributed by atoms with Crippen LogP contribution in [0.5, 0.6) is 0 Å². The van der Waals surface area contributed by atoms with E-state index in [1.807, 2.05) is 20.2 Å². The van der Waals surface area contributed by atoms with Crippen LogP contribution < -0.4 is 4.57 Å². The molecule has 0 aliphatic rings. The van der Waals surface area contributed by atoms with Crippen molar-refractivity contribution in [1.29, 1.82) is 0 Å². The number of aryl methyl sites for hydroxylation is 1. The normalized spacial score (nSPS) is 9.90. The molecule has 0 atom stereocenters. The Morgan fingerprint density at radius 3 is 2.50 bits per heavy atom. The molecule has 0 saturated heterocycles. The molecule has 0 fully saturated rings. The molecule has 2 heteroatoms. The molecule has 1 aromatic rings. The molecule has 0 unspecified atom stereocenters. The van der Waals surface area contributed by atoms with Gasteiger partial charge in [0.2, 0.25) is 0 Å². The lowest BCUT2D eigenvalue weighted by molar-refractivity contribution is -0.677. The standard InChI is InChI=1S/C8H13N2/c1-5-8-6-9(3)7(2)10(8)4/h5-6H,1H2,2-4H3/q+1. The molecule has 0 bridgehead atoms. The minimum Gasteiger partial charge on any atom is -0.237 e. The smallest absolute Gasteiger partial charge is 0.237 e. The first-order valence-corrected chi connectivity index (χ1v) is 3.31. The van der Waals surface area contributed by atoms with E-state index in [4.69, 9.17) is 0 Å². The molecule has 1 rings (SSSR count). The van der Waals surface area contributed by atoms with Crippen molar-refractivity contribution < 1.29 is 4.57 Å². The van der Waals surface area contributed by atoms with Crippen LogP contribution in [0.3, 0.4) is 0 Å². The van der Waals surface area contributed by atoms with Gasteiger partial charge in [0, 0.05) is 6.92 Å². The van der Waals surface area contributed by atoms with Crippen molar-refractivity contribution in [3.8, 4) is 0 Å². The molecule has 0 N–H and O–H groups in total. The van der Waals surface area contributed by atoms with Crippen molar-refractivity contribution in [3.63, 3.8) is 0 Å². The average molecular weight is 137 g/mol. The summed E-state index contributed by atoms with van der Waals surface area (Å²) in [6.45, 7) is 5.79. The van der Waals surface area contributed by atoms with E-state index < -0.39 is 0 Å². The third-order valence-electron chi connectivity index (χ3n) is 1.92. The molecule has 1 heterocycles. The minimum atomic E-state index is 1.15. The topological polar surface area (TPSA) is 8.81 Å². The van der Waals surface area contributed by atoms with E-state index in [1.54, 1.807) is 0 Å². The van der Waals surface area contributed by atoms with E-state index >= 15 is 0 Å². The van der Waals surface area contributed by atoms with Crippen LogP contribution in [0.2, 0.25) is 0 Å². The maximum atomic E-state index is 3.71. The summed E-state index contributed by atoms with van der Waals surface area (Å²) in [7, 11) is 4.06. The summed E-state index contributed by atoms with van der Waals surface area (Å²) in [5.74, 6) is 1.23. The van der Waals surface area contributed by atoms with Crippen molar-refractivity contribution in [2.24, 2.45) is 14.1 Å². The van der Waals surface area contributed by atoms with Gasteiger partial charge in [-0.1, -0.05) is 6.58 Å². The van der Waals surface area contributed by atoms with E-state index in [9.17, 15) is 0 Å². The van der Waals surface area contributed by atoms with Crippen molar-refractivity contribution in [2.45, 2.75) is 6.92 Å². The van der Waals surface area contributed by atoms with Crippen LogP contribution >= 0.6 is 0 Å². The zero-order valence-electron chi connectivity index (χ0n) is 6.76. The molecule has 2 nitrogen and oxygen atoms in total. The lowest BCUT2D eigenvalue weighted by atomic mass is 10.5. The Morgan fingerprint density at radius 2 is 2.30 bits per heavy atom. The highest BCUT2D eigenvalue weighted by Gasteiger charge is 2.09. The third-order valence-corrected chi connectivity index (χ3v) is 1.92. The van der Waals surface area contributed by atoms with Crippen LogP contribution in [0.15, 0.2) is 12.8 Å². The third kappa shape index (κ3) is 0.856. The maximum absolute atomic E-state index is 3.71. The molecule has 10 heavy (non-hydrogen) atoms. The average Bonchev–Trinajstić information content (AvgIpc) is 2.17. The fourth-order valence-electron chi connectivity index (χ4n) is 0.991. The van der Waals surface area contributed by atoms with Gasteiger partial charge in [-0.25, -0.2) is 9.13 Å². The Balaban J connectivity index is 3.30. The number of rotatable bonds is 1. The molecular formula is C8H13N2+.